The number of primary amides is 1. The van der Waals surface area contributed by atoms with Gasteiger partial charge in [-0.3, -0.25) is 9.59 Å². The van der Waals surface area contributed by atoms with Crippen LogP contribution in [0.1, 0.15) is 29.8 Å². The van der Waals surface area contributed by atoms with E-state index in [2.05, 4.69) is 31.2 Å². The van der Waals surface area contributed by atoms with E-state index in [1.165, 1.54) is 6.20 Å². The number of benzene rings is 1. The van der Waals surface area contributed by atoms with E-state index in [0.29, 0.717) is 50.0 Å². The molecule has 0 bridgehead atoms. The van der Waals surface area contributed by atoms with Crippen LogP contribution in [0.5, 0.6) is 5.75 Å². The van der Waals surface area contributed by atoms with Crippen LogP contribution in [0, 0.1) is 0 Å². The van der Waals surface area contributed by atoms with Crippen molar-refractivity contribution >= 4 is 29.1 Å². The number of hydrogen-bond acceptors (Lipinski definition) is 9. The predicted molar refractivity (Wildman–Crippen MR) is 125 cm³/mol. The molecule has 1 aliphatic heterocycles. The summed E-state index contributed by atoms with van der Waals surface area (Å²) in [4.78, 5) is 32.0. The van der Waals surface area contributed by atoms with Gasteiger partial charge >= 0.3 is 0 Å². The van der Waals surface area contributed by atoms with Crippen molar-refractivity contribution in [2.75, 3.05) is 50.6 Å². The SMILES string of the molecule is CNCC(=O)NCCCOc1cccc(Nc2nc(NC3CCOCC3)cnc2C(N)=O)c1. The number of carbonyl (C=O) groups excluding carboxylic acids is 2. The summed E-state index contributed by atoms with van der Waals surface area (Å²) in [7, 11) is 1.72. The zero-order chi connectivity index (χ0) is 23.5. The Balaban J connectivity index is 1.60. The molecule has 0 atom stereocenters. The minimum absolute atomic E-state index is 0.0520. The number of ether oxygens (including phenoxy) is 2. The first kappa shape index (κ1) is 24.2. The zero-order valence-electron chi connectivity index (χ0n) is 18.7. The largest absolute Gasteiger partial charge is 0.493 e. The van der Waals surface area contributed by atoms with E-state index in [9.17, 15) is 9.59 Å². The molecule has 0 saturated carbocycles. The molecule has 2 aromatic rings. The summed E-state index contributed by atoms with van der Waals surface area (Å²) in [5.74, 6) is 0.747. The van der Waals surface area contributed by atoms with Gasteiger partial charge in [-0.15, -0.1) is 0 Å². The van der Waals surface area contributed by atoms with E-state index < -0.39 is 5.91 Å². The van der Waals surface area contributed by atoms with Crippen LogP contribution in [0.4, 0.5) is 17.3 Å². The quantitative estimate of drug-likeness (QED) is 0.294. The normalized spacial score (nSPS) is 13.8. The molecule has 178 valence electrons. The number of likely N-dealkylation sites (N-methyl/N-ethyl adjacent to an activating group) is 1. The molecule has 1 fully saturated rings. The number of aromatic nitrogens is 2. The predicted octanol–water partition coefficient (Wildman–Crippen LogP) is 1.01. The smallest absolute Gasteiger partial charge is 0.271 e. The summed E-state index contributed by atoms with van der Waals surface area (Å²) in [6, 6.07) is 7.52. The fraction of sp³-hybridized carbons (Fsp3) is 0.455. The van der Waals surface area contributed by atoms with Gasteiger partial charge in [0, 0.05) is 37.6 Å². The van der Waals surface area contributed by atoms with Gasteiger partial charge in [-0.25, -0.2) is 9.97 Å². The van der Waals surface area contributed by atoms with Gasteiger partial charge in [0.15, 0.2) is 11.5 Å². The van der Waals surface area contributed by atoms with Crippen molar-refractivity contribution in [2.45, 2.75) is 25.3 Å². The van der Waals surface area contributed by atoms with Crippen LogP contribution in [0.15, 0.2) is 30.5 Å². The van der Waals surface area contributed by atoms with Gasteiger partial charge in [0.2, 0.25) is 5.91 Å². The third-order valence-electron chi connectivity index (χ3n) is 4.93. The Kier molecular flexibility index (Phi) is 9.21. The van der Waals surface area contributed by atoms with Gasteiger partial charge in [-0.2, -0.15) is 0 Å². The molecule has 0 aliphatic carbocycles. The lowest BCUT2D eigenvalue weighted by molar-refractivity contribution is -0.120. The molecule has 2 heterocycles. The lowest BCUT2D eigenvalue weighted by Gasteiger charge is -2.23. The maximum absolute atomic E-state index is 11.9. The number of rotatable bonds is 12. The highest BCUT2D eigenvalue weighted by molar-refractivity contribution is 5.96. The standard InChI is InChI=1S/C22H31N7O4/c1-24-14-19(30)25-8-3-9-33-17-5-2-4-16(12-17)28-22-20(21(23)31)26-13-18(29-22)27-15-6-10-32-11-7-15/h2,4-5,12-13,15,24H,3,6-11,14H2,1H3,(H2,23,31)(H,25,30)(H2,27,28,29). The van der Waals surface area contributed by atoms with Gasteiger partial charge in [-0.05, 0) is 38.4 Å². The minimum Gasteiger partial charge on any atom is -0.493 e. The fourth-order valence-corrected chi connectivity index (χ4v) is 3.29. The maximum atomic E-state index is 11.9. The summed E-state index contributed by atoms with van der Waals surface area (Å²) < 4.78 is 11.2. The summed E-state index contributed by atoms with van der Waals surface area (Å²) in [6.07, 6.45) is 3.93. The average molecular weight is 458 g/mol. The molecule has 2 amide bonds. The first-order valence-electron chi connectivity index (χ1n) is 11.0. The Hall–Kier alpha value is -3.44. The molecular formula is C22H31N7O4. The van der Waals surface area contributed by atoms with Crippen LogP contribution in [-0.2, 0) is 9.53 Å². The molecule has 0 radical (unpaired) electrons. The highest BCUT2D eigenvalue weighted by Gasteiger charge is 2.17. The number of nitrogens with two attached hydrogens (primary N) is 1. The van der Waals surface area contributed by atoms with E-state index >= 15 is 0 Å². The molecule has 6 N–H and O–H groups in total. The van der Waals surface area contributed by atoms with Crippen molar-refractivity contribution in [2.24, 2.45) is 5.73 Å². The summed E-state index contributed by atoms with van der Waals surface area (Å²) >= 11 is 0. The molecule has 1 saturated heterocycles. The molecular weight excluding hydrogens is 426 g/mol. The van der Waals surface area contributed by atoms with Gasteiger partial charge in [0.25, 0.3) is 5.91 Å². The number of amides is 2. The summed E-state index contributed by atoms with van der Waals surface area (Å²) in [6.45, 7) is 2.66. The Labute approximate surface area is 192 Å². The van der Waals surface area contributed by atoms with Crippen molar-refractivity contribution in [3.8, 4) is 5.75 Å². The Bertz CT molecular complexity index is 935. The van der Waals surface area contributed by atoms with E-state index in [4.69, 9.17) is 15.2 Å². The average Bonchev–Trinajstić information content (AvgIpc) is 2.80. The van der Waals surface area contributed by atoms with Crippen molar-refractivity contribution in [3.63, 3.8) is 0 Å². The molecule has 0 unspecified atom stereocenters. The molecule has 11 nitrogen and oxygen atoms in total. The monoisotopic (exact) mass is 457 g/mol. The van der Waals surface area contributed by atoms with Crippen LogP contribution in [0.2, 0.25) is 0 Å². The third kappa shape index (κ3) is 7.88. The molecule has 11 heteroatoms. The summed E-state index contributed by atoms with van der Waals surface area (Å²) in [5.41, 5.74) is 6.22. The number of hydrogen-bond donors (Lipinski definition) is 5. The minimum atomic E-state index is -0.671. The van der Waals surface area contributed by atoms with Gasteiger partial charge in [-0.1, -0.05) is 6.07 Å². The van der Waals surface area contributed by atoms with Gasteiger partial charge < -0.3 is 36.5 Å². The van der Waals surface area contributed by atoms with Crippen LogP contribution in [0.3, 0.4) is 0 Å². The molecule has 0 spiro atoms. The Morgan fingerprint density at radius 2 is 2.09 bits per heavy atom. The molecule has 3 rings (SSSR count). The fourth-order valence-electron chi connectivity index (χ4n) is 3.29. The van der Waals surface area contributed by atoms with Crippen LogP contribution >= 0.6 is 0 Å². The first-order chi connectivity index (χ1) is 16.0. The number of carbonyl (C=O) groups is 2. The second-order valence-electron chi connectivity index (χ2n) is 7.58. The van der Waals surface area contributed by atoms with Crippen LogP contribution < -0.4 is 31.7 Å². The van der Waals surface area contributed by atoms with Crippen molar-refractivity contribution in [1.82, 2.24) is 20.6 Å². The zero-order valence-corrected chi connectivity index (χ0v) is 18.7. The van der Waals surface area contributed by atoms with Gasteiger partial charge in [0.05, 0.1) is 19.3 Å². The van der Waals surface area contributed by atoms with Gasteiger partial charge in [0.1, 0.15) is 11.6 Å². The van der Waals surface area contributed by atoms with Crippen molar-refractivity contribution < 1.29 is 19.1 Å². The summed E-state index contributed by atoms with van der Waals surface area (Å²) in [5, 5.41) is 12.1. The second kappa shape index (κ2) is 12.6. The lowest BCUT2D eigenvalue weighted by atomic mass is 10.1. The molecule has 33 heavy (non-hydrogen) atoms. The molecule has 1 aliphatic rings. The highest BCUT2D eigenvalue weighted by atomic mass is 16.5. The maximum Gasteiger partial charge on any atom is 0.271 e. The first-order valence-corrected chi connectivity index (χ1v) is 11.0. The topological polar surface area (TPSA) is 153 Å². The van der Waals surface area contributed by atoms with Crippen LogP contribution in [0.25, 0.3) is 0 Å². The number of nitrogens with zero attached hydrogens (tertiary/aromatic N) is 2. The van der Waals surface area contributed by atoms with E-state index in [1.54, 1.807) is 13.1 Å². The van der Waals surface area contributed by atoms with E-state index in [0.717, 1.165) is 12.8 Å². The van der Waals surface area contributed by atoms with Crippen molar-refractivity contribution in [3.05, 3.63) is 36.2 Å². The second-order valence-corrected chi connectivity index (χ2v) is 7.58. The Morgan fingerprint density at radius 3 is 2.85 bits per heavy atom. The molecule has 1 aromatic heterocycles. The Morgan fingerprint density at radius 1 is 1.27 bits per heavy atom. The highest BCUT2D eigenvalue weighted by Crippen LogP contribution is 2.24. The number of nitrogens with one attached hydrogen (secondary N) is 4. The van der Waals surface area contributed by atoms with E-state index in [1.807, 2.05) is 18.2 Å². The van der Waals surface area contributed by atoms with Crippen molar-refractivity contribution in [1.29, 1.82) is 0 Å². The third-order valence-corrected chi connectivity index (χ3v) is 4.93. The number of anilines is 3. The lowest BCUT2D eigenvalue weighted by Crippen LogP contribution is -2.33. The van der Waals surface area contributed by atoms with E-state index in [-0.39, 0.29) is 30.0 Å². The van der Waals surface area contributed by atoms with Crippen LogP contribution in [-0.4, -0.2) is 67.8 Å². The molecule has 1 aromatic carbocycles.